The molecule has 0 aromatic heterocycles. The molecule has 0 atom stereocenters. The lowest BCUT2D eigenvalue weighted by Crippen LogP contribution is -2.15. The minimum atomic E-state index is 1.17. The highest BCUT2D eigenvalue weighted by molar-refractivity contribution is 6.28. The Morgan fingerprint density at radius 2 is 0.633 bits per heavy atom. The fraction of sp³-hybridized carbons (Fsp3) is 0.103. The summed E-state index contributed by atoms with van der Waals surface area (Å²) in [6.45, 7) is 13.5. The van der Waals surface area contributed by atoms with Gasteiger partial charge in [-0.25, -0.2) is 0 Å². The van der Waals surface area contributed by atoms with E-state index >= 15 is 0 Å². The monoisotopic (exact) mass is 772 g/mol. The molecule has 0 unspecified atom stereocenters. The molecule has 10 aromatic carbocycles. The predicted octanol–water partition coefficient (Wildman–Crippen LogP) is 16.7. The van der Waals surface area contributed by atoms with Crippen LogP contribution in [-0.2, 0) is 0 Å². The molecule has 0 saturated heterocycles. The average Bonchev–Trinajstić information content (AvgIpc) is 3.27. The Balaban J connectivity index is 1.26. The van der Waals surface area contributed by atoms with Crippen molar-refractivity contribution in [3.63, 3.8) is 0 Å². The number of rotatable bonds is 8. The zero-order chi connectivity index (χ0) is 41.1. The second-order valence-electron chi connectivity index (χ2n) is 16.4. The van der Waals surface area contributed by atoms with Crippen LogP contribution in [0.2, 0.25) is 0 Å². The smallest absolute Gasteiger partial charge is 0.0541 e. The Bertz CT molecular complexity index is 2960. The number of hydrogen-bond acceptors (Lipinski definition) is 2. The fourth-order valence-electron chi connectivity index (χ4n) is 9.81. The molecule has 0 saturated carbocycles. The van der Waals surface area contributed by atoms with Crippen LogP contribution in [0.4, 0.5) is 34.1 Å². The third-order valence-electron chi connectivity index (χ3n) is 12.7. The summed E-state index contributed by atoms with van der Waals surface area (Å²) in [6.07, 6.45) is 0. The van der Waals surface area contributed by atoms with E-state index in [1.165, 1.54) is 122 Å². The van der Waals surface area contributed by atoms with Gasteiger partial charge < -0.3 is 9.80 Å². The highest BCUT2D eigenvalue weighted by atomic mass is 15.2. The van der Waals surface area contributed by atoms with E-state index in [1.54, 1.807) is 0 Å². The van der Waals surface area contributed by atoms with Gasteiger partial charge >= 0.3 is 0 Å². The van der Waals surface area contributed by atoms with Crippen molar-refractivity contribution in [2.24, 2.45) is 0 Å². The molecule has 0 radical (unpaired) electrons. The van der Waals surface area contributed by atoms with E-state index in [9.17, 15) is 0 Å². The van der Waals surface area contributed by atoms with Crippen LogP contribution < -0.4 is 9.80 Å². The third kappa shape index (κ3) is 6.02. The number of nitrogens with zero attached hydrogens (tertiary/aromatic N) is 2. The van der Waals surface area contributed by atoms with Gasteiger partial charge in [0.05, 0.1) is 22.7 Å². The number of benzene rings is 10. The maximum absolute atomic E-state index is 2.53. The molecule has 10 rings (SSSR count). The first-order chi connectivity index (χ1) is 29.3. The molecule has 2 nitrogen and oxygen atoms in total. The van der Waals surface area contributed by atoms with Gasteiger partial charge in [-0.05, 0) is 143 Å². The van der Waals surface area contributed by atoms with Crippen molar-refractivity contribution in [2.75, 3.05) is 9.80 Å². The molecule has 0 aliphatic carbocycles. The van der Waals surface area contributed by atoms with Crippen LogP contribution in [-0.4, -0.2) is 0 Å². The average molecular weight is 773 g/mol. The Labute approximate surface area is 354 Å². The summed E-state index contributed by atoms with van der Waals surface area (Å²) >= 11 is 0. The SMILES string of the molecule is Cc1cccc(C)c1N(c1cccc(-c2ccccc2)c1C)c1ccc2ccc3c(N(c4cccc(-c5ccccc5)c4C)c4c(C)cccc4C)ccc4ccc1c2c43. The van der Waals surface area contributed by atoms with Crippen LogP contribution in [0.25, 0.3) is 54.6 Å². The lowest BCUT2D eigenvalue weighted by Gasteiger charge is -2.33. The van der Waals surface area contributed by atoms with Crippen molar-refractivity contribution in [1.29, 1.82) is 0 Å². The zero-order valence-electron chi connectivity index (χ0n) is 35.2. The standard InChI is InChI=1S/C58H48N2/c1-37-17-13-18-38(2)57(37)59(51-27-15-25-47(41(51)5)43-21-9-7-10-22-43)53-35-31-45-30-34-50-54(36-32-46-29-33-49(53)55(45)56(46)50)60(58-39(3)19-14-20-40(58)4)52-28-16-26-48(42(52)6)44-23-11-8-12-24-44/h7-36H,1-6H3. The van der Waals surface area contributed by atoms with Gasteiger partial charge in [0.15, 0.2) is 0 Å². The molecule has 2 heteroatoms. The van der Waals surface area contributed by atoms with Crippen molar-refractivity contribution in [3.8, 4) is 22.3 Å². The number of anilines is 6. The van der Waals surface area contributed by atoms with Crippen molar-refractivity contribution in [3.05, 3.63) is 215 Å². The van der Waals surface area contributed by atoms with E-state index in [-0.39, 0.29) is 0 Å². The summed E-state index contributed by atoms with van der Waals surface area (Å²) in [5.74, 6) is 0. The van der Waals surface area contributed by atoms with E-state index < -0.39 is 0 Å². The minimum absolute atomic E-state index is 1.17. The topological polar surface area (TPSA) is 6.48 Å². The lowest BCUT2D eigenvalue weighted by atomic mass is 9.90. The van der Waals surface area contributed by atoms with Gasteiger partial charge in [0.2, 0.25) is 0 Å². The molecule has 0 aliphatic rings. The van der Waals surface area contributed by atoms with Gasteiger partial charge in [0, 0.05) is 22.1 Å². The predicted molar refractivity (Wildman–Crippen MR) is 259 cm³/mol. The summed E-state index contributed by atoms with van der Waals surface area (Å²) in [6, 6.07) is 67.1. The molecular formula is C58H48N2. The van der Waals surface area contributed by atoms with Crippen molar-refractivity contribution in [2.45, 2.75) is 41.5 Å². The number of para-hydroxylation sites is 2. The van der Waals surface area contributed by atoms with E-state index in [0.717, 1.165) is 0 Å². The number of hydrogen-bond donors (Lipinski definition) is 0. The van der Waals surface area contributed by atoms with Crippen molar-refractivity contribution >= 4 is 66.4 Å². The largest absolute Gasteiger partial charge is 0.309 e. The Kier molecular flexibility index (Phi) is 9.22. The van der Waals surface area contributed by atoms with Crippen LogP contribution in [0.1, 0.15) is 33.4 Å². The second-order valence-corrected chi connectivity index (χ2v) is 16.4. The molecular weight excluding hydrogens is 725 g/mol. The van der Waals surface area contributed by atoms with Crippen LogP contribution in [0.15, 0.2) is 182 Å². The van der Waals surface area contributed by atoms with Crippen LogP contribution in [0.3, 0.4) is 0 Å². The van der Waals surface area contributed by atoms with Gasteiger partial charge in [-0.2, -0.15) is 0 Å². The molecule has 0 heterocycles. The third-order valence-corrected chi connectivity index (χ3v) is 12.7. The summed E-state index contributed by atoms with van der Waals surface area (Å²) in [7, 11) is 0. The van der Waals surface area contributed by atoms with E-state index in [1.807, 2.05) is 0 Å². The van der Waals surface area contributed by atoms with Gasteiger partial charge in [0.25, 0.3) is 0 Å². The maximum atomic E-state index is 2.53. The van der Waals surface area contributed by atoms with Crippen LogP contribution in [0.5, 0.6) is 0 Å². The van der Waals surface area contributed by atoms with Gasteiger partial charge in [-0.3, -0.25) is 0 Å². The first kappa shape index (κ1) is 37.1. The van der Waals surface area contributed by atoms with Gasteiger partial charge in [-0.1, -0.05) is 158 Å². The Morgan fingerprint density at radius 3 is 1.02 bits per heavy atom. The highest BCUT2D eigenvalue weighted by Gasteiger charge is 2.26. The first-order valence-corrected chi connectivity index (χ1v) is 21.0. The molecule has 0 fully saturated rings. The normalized spacial score (nSPS) is 11.5. The summed E-state index contributed by atoms with van der Waals surface area (Å²) < 4.78 is 0. The van der Waals surface area contributed by atoms with Crippen molar-refractivity contribution < 1.29 is 0 Å². The minimum Gasteiger partial charge on any atom is -0.309 e. The number of aryl methyl sites for hydroxylation is 4. The molecule has 0 N–H and O–H groups in total. The van der Waals surface area contributed by atoms with Crippen molar-refractivity contribution in [1.82, 2.24) is 0 Å². The molecule has 0 amide bonds. The fourth-order valence-corrected chi connectivity index (χ4v) is 9.81. The van der Waals surface area contributed by atoms with Crippen LogP contribution in [0, 0.1) is 41.5 Å². The maximum Gasteiger partial charge on any atom is 0.0541 e. The van der Waals surface area contributed by atoms with Gasteiger partial charge in [-0.15, -0.1) is 0 Å². The summed E-state index contributed by atoms with van der Waals surface area (Å²) in [5.41, 5.74) is 19.5. The molecule has 290 valence electrons. The molecule has 60 heavy (non-hydrogen) atoms. The zero-order valence-corrected chi connectivity index (χ0v) is 35.2. The molecule has 10 aromatic rings. The van der Waals surface area contributed by atoms with E-state index in [2.05, 4.69) is 233 Å². The summed E-state index contributed by atoms with van der Waals surface area (Å²) in [5, 5.41) is 7.51. The van der Waals surface area contributed by atoms with E-state index in [4.69, 9.17) is 0 Å². The first-order valence-electron chi connectivity index (χ1n) is 21.0. The Morgan fingerprint density at radius 1 is 0.283 bits per heavy atom. The lowest BCUT2D eigenvalue weighted by molar-refractivity contribution is 1.21. The summed E-state index contributed by atoms with van der Waals surface area (Å²) in [4.78, 5) is 5.06. The second kappa shape index (κ2) is 14.9. The highest BCUT2D eigenvalue weighted by Crippen LogP contribution is 2.50. The van der Waals surface area contributed by atoms with E-state index in [0.29, 0.717) is 0 Å². The quantitative estimate of drug-likeness (QED) is 0.142. The molecule has 0 bridgehead atoms. The molecule has 0 spiro atoms. The van der Waals surface area contributed by atoms with Gasteiger partial charge in [0.1, 0.15) is 0 Å². The molecule has 0 aliphatic heterocycles. The van der Waals surface area contributed by atoms with Crippen LogP contribution >= 0.6 is 0 Å². The Hall–Kier alpha value is -7.16.